The van der Waals surface area contributed by atoms with Crippen LogP contribution >= 0.6 is 11.6 Å². The molecule has 1 atom stereocenters. The van der Waals surface area contributed by atoms with Crippen LogP contribution in [0.5, 0.6) is 0 Å². The van der Waals surface area contributed by atoms with E-state index >= 15 is 0 Å². The summed E-state index contributed by atoms with van der Waals surface area (Å²) >= 11 is 5.88. The molecule has 0 bridgehead atoms. The van der Waals surface area contributed by atoms with E-state index in [-0.39, 0.29) is 5.91 Å². The lowest BCUT2D eigenvalue weighted by atomic mass is 9.96. The minimum Gasteiger partial charge on any atom is -0.325 e. The summed E-state index contributed by atoms with van der Waals surface area (Å²) < 4.78 is 0. The van der Waals surface area contributed by atoms with E-state index in [9.17, 15) is 4.79 Å². The molecule has 5 heteroatoms. The second-order valence-corrected chi connectivity index (χ2v) is 5.20. The average molecular weight is 278 g/mol. The Labute approximate surface area is 117 Å². The molecule has 1 saturated heterocycles. The third-order valence-electron chi connectivity index (χ3n) is 3.25. The van der Waals surface area contributed by atoms with Crippen molar-refractivity contribution in [3.63, 3.8) is 0 Å². The molecule has 4 nitrogen and oxygen atoms in total. The van der Waals surface area contributed by atoms with E-state index in [1.165, 1.54) is 0 Å². The van der Waals surface area contributed by atoms with Gasteiger partial charge in [-0.05, 0) is 50.0 Å². The van der Waals surface area contributed by atoms with E-state index in [1.807, 2.05) is 6.07 Å². The summed E-state index contributed by atoms with van der Waals surface area (Å²) in [7, 11) is 0. The summed E-state index contributed by atoms with van der Waals surface area (Å²) in [6, 6.07) is 6.91. The van der Waals surface area contributed by atoms with Gasteiger partial charge in [0.2, 0.25) is 5.91 Å². The van der Waals surface area contributed by atoms with Crippen molar-refractivity contribution in [1.29, 1.82) is 5.26 Å². The van der Waals surface area contributed by atoms with Crippen molar-refractivity contribution in [1.82, 2.24) is 5.32 Å². The minimum absolute atomic E-state index is 0.0625. The van der Waals surface area contributed by atoms with E-state index in [2.05, 4.69) is 10.6 Å². The zero-order valence-electron chi connectivity index (χ0n) is 10.6. The number of benzene rings is 1. The van der Waals surface area contributed by atoms with E-state index in [0.717, 1.165) is 25.9 Å². The quantitative estimate of drug-likeness (QED) is 0.892. The van der Waals surface area contributed by atoms with Crippen molar-refractivity contribution in [2.24, 2.45) is 5.92 Å². The predicted molar refractivity (Wildman–Crippen MR) is 75.0 cm³/mol. The number of piperidine rings is 1. The van der Waals surface area contributed by atoms with Crippen LogP contribution in [0.3, 0.4) is 0 Å². The molecule has 2 rings (SSSR count). The van der Waals surface area contributed by atoms with Gasteiger partial charge in [0.05, 0.1) is 11.3 Å². The Bertz CT molecular complexity index is 504. The summed E-state index contributed by atoms with van der Waals surface area (Å²) in [5, 5.41) is 15.6. The highest BCUT2D eigenvalue weighted by molar-refractivity contribution is 6.31. The lowest BCUT2D eigenvalue weighted by molar-refractivity contribution is -0.117. The first-order valence-electron chi connectivity index (χ1n) is 6.39. The highest BCUT2D eigenvalue weighted by Crippen LogP contribution is 2.21. The van der Waals surface area contributed by atoms with Gasteiger partial charge in [-0.15, -0.1) is 0 Å². The molecule has 1 heterocycles. The van der Waals surface area contributed by atoms with Gasteiger partial charge < -0.3 is 10.6 Å². The Morgan fingerprint density at radius 1 is 1.58 bits per heavy atom. The summed E-state index contributed by atoms with van der Waals surface area (Å²) in [6.07, 6.45) is 2.66. The maximum atomic E-state index is 12.0. The molecular formula is C14H16ClN3O. The van der Waals surface area contributed by atoms with E-state index in [0.29, 0.717) is 28.6 Å². The Kier molecular flexibility index (Phi) is 4.78. The van der Waals surface area contributed by atoms with Crippen molar-refractivity contribution in [2.45, 2.75) is 19.3 Å². The van der Waals surface area contributed by atoms with Crippen molar-refractivity contribution in [2.75, 3.05) is 18.4 Å². The smallest absolute Gasteiger partial charge is 0.224 e. The van der Waals surface area contributed by atoms with Crippen LogP contribution in [0.15, 0.2) is 18.2 Å². The number of hydrogen-bond acceptors (Lipinski definition) is 3. The molecular weight excluding hydrogens is 262 g/mol. The molecule has 0 aromatic heterocycles. The summed E-state index contributed by atoms with van der Waals surface area (Å²) in [6.45, 7) is 1.92. The molecule has 1 unspecified atom stereocenters. The summed E-state index contributed by atoms with van der Waals surface area (Å²) in [5.41, 5.74) is 0.920. The van der Waals surface area contributed by atoms with Crippen LogP contribution in [-0.2, 0) is 4.79 Å². The topological polar surface area (TPSA) is 64.9 Å². The van der Waals surface area contributed by atoms with Gasteiger partial charge in [0, 0.05) is 11.4 Å². The molecule has 1 amide bonds. The highest BCUT2D eigenvalue weighted by atomic mass is 35.5. The number of nitrogens with one attached hydrogen (secondary N) is 2. The number of rotatable bonds is 3. The second-order valence-electron chi connectivity index (χ2n) is 4.77. The van der Waals surface area contributed by atoms with Crippen LogP contribution in [0.2, 0.25) is 5.02 Å². The van der Waals surface area contributed by atoms with E-state index in [4.69, 9.17) is 16.9 Å². The van der Waals surface area contributed by atoms with E-state index < -0.39 is 0 Å². The molecule has 1 aliphatic heterocycles. The Morgan fingerprint density at radius 3 is 3.11 bits per heavy atom. The third kappa shape index (κ3) is 3.95. The lowest BCUT2D eigenvalue weighted by Gasteiger charge is -2.22. The van der Waals surface area contributed by atoms with Crippen molar-refractivity contribution >= 4 is 23.2 Å². The highest BCUT2D eigenvalue weighted by Gasteiger charge is 2.17. The maximum Gasteiger partial charge on any atom is 0.224 e. The molecule has 1 aromatic carbocycles. The van der Waals surface area contributed by atoms with Gasteiger partial charge in [-0.3, -0.25) is 4.79 Å². The van der Waals surface area contributed by atoms with Crippen LogP contribution in [0, 0.1) is 17.2 Å². The zero-order chi connectivity index (χ0) is 13.7. The predicted octanol–water partition coefficient (Wildman–Crippen LogP) is 2.54. The molecule has 19 heavy (non-hydrogen) atoms. The number of nitriles is 1. The SMILES string of the molecule is N#Cc1ccc(Cl)cc1NC(=O)CC1CCCNC1. The normalized spacial score (nSPS) is 18.6. The van der Waals surface area contributed by atoms with Crippen LogP contribution in [0.4, 0.5) is 5.69 Å². The minimum atomic E-state index is -0.0625. The Hall–Kier alpha value is -1.57. The van der Waals surface area contributed by atoms with Gasteiger partial charge in [0.15, 0.2) is 0 Å². The summed E-state index contributed by atoms with van der Waals surface area (Å²) in [5.74, 6) is 0.311. The van der Waals surface area contributed by atoms with Gasteiger partial charge in [0.25, 0.3) is 0 Å². The number of anilines is 1. The maximum absolute atomic E-state index is 12.0. The molecule has 0 saturated carbocycles. The standard InChI is InChI=1S/C14H16ClN3O/c15-12-4-3-11(8-16)13(7-12)18-14(19)6-10-2-1-5-17-9-10/h3-4,7,10,17H,1-2,5-6,9H2,(H,18,19). The van der Waals surface area contributed by atoms with Gasteiger partial charge in [-0.1, -0.05) is 11.6 Å². The van der Waals surface area contributed by atoms with Crippen LogP contribution in [0.25, 0.3) is 0 Å². The zero-order valence-corrected chi connectivity index (χ0v) is 11.3. The lowest BCUT2D eigenvalue weighted by Crippen LogP contribution is -2.32. The van der Waals surface area contributed by atoms with E-state index in [1.54, 1.807) is 18.2 Å². The van der Waals surface area contributed by atoms with Crippen molar-refractivity contribution < 1.29 is 4.79 Å². The number of carbonyl (C=O) groups excluding carboxylic acids is 1. The van der Waals surface area contributed by atoms with Gasteiger partial charge in [-0.25, -0.2) is 0 Å². The Balaban J connectivity index is 1.98. The number of nitrogens with zero attached hydrogens (tertiary/aromatic N) is 1. The molecule has 2 N–H and O–H groups in total. The molecule has 0 aliphatic carbocycles. The van der Waals surface area contributed by atoms with Gasteiger partial charge in [-0.2, -0.15) is 5.26 Å². The number of amides is 1. The monoisotopic (exact) mass is 277 g/mol. The molecule has 1 aromatic rings. The summed E-state index contributed by atoms with van der Waals surface area (Å²) in [4.78, 5) is 12.0. The number of hydrogen-bond donors (Lipinski definition) is 2. The fourth-order valence-electron chi connectivity index (χ4n) is 2.28. The molecule has 1 fully saturated rings. The van der Waals surface area contributed by atoms with Gasteiger partial charge in [0.1, 0.15) is 6.07 Å². The fraction of sp³-hybridized carbons (Fsp3) is 0.429. The van der Waals surface area contributed by atoms with Crippen molar-refractivity contribution in [3.8, 4) is 6.07 Å². The number of halogens is 1. The average Bonchev–Trinajstić information content (AvgIpc) is 2.40. The second kappa shape index (κ2) is 6.55. The first-order chi connectivity index (χ1) is 9.19. The molecule has 100 valence electrons. The first-order valence-corrected chi connectivity index (χ1v) is 6.77. The largest absolute Gasteiger partial charge is 0.325 e. The first kappa shape index (κ1) is 13.9. The van der Waals surface area contributed by atoms with Crippen molar-refractivity contribution in [3.05, 3.63) is 28.8 Å². The van der Waals surface area contributed by atoms with Gasteiger partial charge >= 0.3 is 0 Å². The van der Waals surface area contributed by atoms with Crippen LogP contribution in [-0.4, -0.2) is 19.0 Å². The molecule has 1 aliphatic rings. The van der Waals surface area contributed by atoms with Crippen LogP contribution in [0.1, 0.15) is 24.8 Å². The number of carbonyl (C=O) groups is 1. The fourth-order valence-corrected chi connectivity index (χ4v) is 2.45. The van der Waals surface area contributed by atoms with Crippen LogP contribution < -0.4 is 10.6 Å². The third-order valence-corrected chi connectivity index (χ3v) is 3.48. The Morgan fingerprint density at radius 2 is 2.42 bits per heavy atom. The molecule has 0 radical (unpaired) electrons. The molecule has 0 spiro atoms.